The van der Waals surface area contributed by atoms with E-state index < -0.39 is 5.97 Å². The van der Waals surface area contributed by atoms with Crippen LogP contribution in [0, 0.1) is 5.92 Å². The second kappa shape index (κ2) is 9.57. The highest BCUT2D eigenvalue weighted by molar-refractivity contribution is 5.69. The van der Waals surface area contributed by atoms with Gasteiger partial charge in [0.15, 0.2) is 0 Å². The molecule has 0 fully saturated rings. The molecule has 0 amide bonds. The number of nitrogens with zero attached hydrogens (tertiary/aromatic N) is 1. The molecule has 0 aromatic heterocycles. The van der Waals surface area contributed by atoms with Crippen molar-refractivity contribution in [1.82, 2.24) is 4.90 Å². The van der Waals surface area contributed by atoms with Crippen molar-refractivity contribution in [2.75, 3.05) is 46.6 Å². The van der Waals surface area contributed by atoms with Gasteiger partial charge in [-0.3, -0.25) is 9.69 Å². The Bertz CT molecular complexity index is 185. The van der Waals surface area contributed by atoms with Crippen molar-refractivity contribution < 1.29 is 19.4 Å². The first kappa shape index (κ1) is 15.3. The Morgan fingerprint density at radius 3 is 2.50 bits per heavy atom. The molecule has 1 N–H and O–H groups in total. The topological polar surface area (TPSA) is 59.0 Å². The third-order valence-electron chi connectivity index (χ3n) is 1.97. The van der Waals surface area contributed by atoms with Crippen LogP contribution in [0.25, 0.3) is 0 Å². The van der Waals surface area contributed by atoms with Crippen LogP contribution in [0.3, 0.4) is 0 Å². The number of hydrogen-bond acceptors (Lipinski definition) is 4. The molecule has 0 atom stereocenters. The molecule has 0 rings (SSSR count). The maximum Gasteiger partial charge on any atom is 0.317 e. The van der Waals surface area contributed by atoms with Gasteiger partial charge in [-0.15, -0.1) is 0 Å². The maximum absolute atomic E-state index is 10.6. The summed E-state index contributed by atoms with van der Waals surface area (Å²) in [7, 11) is 1.62. The minimum atomic E-state index is -0.794. The summed E-state index contributed by atoms with van der Waals surface area (Å²) in [4.78, 5) is 12.5. The molecule has 5 nitrogen and oxygen atoms in total. The maximum atomic E-state index is 10.6. The van der Waals surface area contributed by atoms with E-state index in [9.17, 15) is 4.79 Å². The fourth-order valence-corrected chi connectivity index (χ4v) is 1.38. The molecule has 0 saturated carbocycles. The molecule has 0 saturated heterocycles. The van der Waals surface area contributed by atoms with Crippen LogP contribution in [-0.4, -0.2) is 62.5 Å². The number of aliphatic carboxylic acids is 1. The van der Waals surface area contributed by atoms with E-state index in [1.807, 2.05) is 4.90 Å². The second-order valence-electron chi connectivity index (χ2n) is 4.13. The van der Waals surface area contributed by atoms with Gasteiger partial charge >= 0.3 is 5.97 Å². The molecule has 0 unspecified atom stereocenters. The van der Waals surface area contributed by atoms with Gasteiger partial charge in [0.05, 0.1) is 26.4 Å². The largest absolute Gasteiger partial charge is 0.480 e. The van der Waals surface area contributed by atoms with Crippen molar-refractivity contribution in [3.05, 3.63) is 0 Å². The van der Waals surface area contributed by atoms with Crippen LogP contribution in [0.15, 0.2) is 0 Å². The van der Waals surface area contributed by atoms with E-state index in [0.29, 0.717) is 32.3 Å². The Hall–Kier alpha value is -0.650. The second-order valence-corrected chi connectivity index (χ2v) is 4.13. The quantitative estimate of drug-likeness (QED) is 0.563. The number of methoxy groups -OCH3 is 1. The molecule has 16 heavy (non-hydrogen) atoms. The molecule has 96 valence electrons. The molecule has 0 bridgehead atoms. The first-order valence-electron chi connectivity index (χ1n) is 5.57. The molecule has 0 heterocycles. The first-order valence-corrected chi connectivity index (χ1v) is 5.57. The summed E-state index contributed by atoms with van der Waals surface area (Å²) in [5.41, 5.74) is 0. The van der Waals surface area contributed by atoms with Crippen LogP contribution >= 0.6 is 0 Å². The normalized spacial score (nSPS) is 11.3. The lowest BCUT2D eigenvalue weighted by molar-refractivity contribution is -0.138. The summed E-state index contributed by atoms with van der Waals surface area (Å²) in [6, 6.07) is 0. The molecule has 0 aliphatic heterocycles. The summed E-state index contributed by atoms with van der Waals surface area (Å²) in [6.07, 6.45) is 0. The summed E-state index contributed by atoms with van der Waals surface area (Å²) in [5, 5.41) is 8.74. The molecule has 0 aliphatic carbocycles. The lowest BCUT2D eigenvalue weighted by atomic mass is 10.2. The van der Waals surface area contributed by atoms with Crippen molar-refractivity contribution in [2.24, 2.45) is 5.92 Å². The van der Waals surface area contributed by atoms with E-state index in [-0.39, 0.29) is 6.54 Å². The summed E-state index contributed by atoms with van der Waals surface area (Å²) >= 11 is 0. The van der Waals surface area contributed by atoms with Gasteiger partial charge in [0.2, 0.25) is 0 Å². The molecule has 0 spiro atoms. The van der Waals surface area contributed by atoms with E-state index >= 15 is 0 Å². The fraction of sp³-hybridized carbons (Fsp3) is 0.909. The zero-order chi connectivity index (χ0) is 12.4. The minimum absolute atomic E-state index is 0.0752. The van der Waals surface area contributed by atoms with Gasteiger partial charge < -0.3 is 14.6 Å². The number of hydrogen-bond donors (Lipinski definition) is 1. The molecule has 0 radical (unpaired) electrons. The Kier molecular flexibility index (Phi) is 9.18. The van der Waals surface area contributed by atoms with Crippen molar-refractivity contribution in [2.45, 2.75) is 13.8 Å². The Morgan fingerprint density at radius 1 is 1.31 bits per heavy atom. The molecular weight excluding hydrogens is 210 g/mol. The molecule has 0 aromatic rings. The third kappa shape index (κ3) is 9.89. The van der Waals surface area contributed by atoms with Crippen LogP contribution in [0.2, 0.25) is 0 Å². The van der Waals surface area contributed by atoms with Crippen LogP contribution in [-0.2, 0) is 14.3 Å². The Balaban J connectivity index is 3.69. The minimum Gasteiger partial charge on any atom is -0.480 e. The highest BCUT2D eigenvalue weighted by atomic mass is 16.5. The fourth-order valence-electron chi connectivity index (χ4n) is 1.38. The Labute approximate surface area is 97.3 Å². The standard InChI is InChI=1S/C11H23NO4/c1-10(2)8-12(9-11(13)14)4-5-16-7-6-15-3/h10H,4-9H2,1-3H3,(H,13,14). The number of rotatable bonds is 10. The first-order chi connectivity index (χ1) is 7.56. The molecule has 5 heteroatoms. The smallest absolute Gasteiger partial charge is 0.317 e. The predicted octanol–water partition coefficient (Wildman–Crippen LogP) is 0.692. The van der Waals surface area contributed by atoms with E-state index in [1.165, 1.54) is 0 Å². The summed E-state index contributed by atoms with van der Waals surface area (Å²) in [6.45, 7) is 7.31. The highest BCUT2D eigenvalue weighted by Crippen LogP contribution is 1.98. The molecular formula is C11H23NO4. The van der Waals surface area contributed by atoms with Crippen molar-refractivity contribution >= 4 is 5.97 Å². The van der Waals surface area contributed by atoms with E-state index in [0.717, 1.165) is 6.54 Å². The van der Waals surface area contributed by atoms with E-state index in [4.69, 9.17) is 14.6 Å². The number of carboxylic acids is 1. The average molecular weight is 233 g/mol. The zero-order valence-electron chi connectivity index (χ0n) is 10.4. The predicted molar refractivity (Wildman–Crippen MR) is 61.6 cm³/mol. The number of ether oxygens (including phenoxy) is 2. The van der Waals surface area contributed by atoms with Crippen molar-refractivity contribution in [3.63, 3.8) is 0 Å². The lowest BCUT2D eigenvalue weighted by Crippen LogP contribution is -2.35. The summed E-state index contributed by atoms with van der Waals surface area (Å²) in [5.74, 6) is -0.337. The van der Waals surface area contributed by atoms with Gasteiger partial charge in [0.1, 0.15) is 0 Å². The van der Waals surface area contributed by atoms with Gasteiger partial charge in [-0.25, -0.2) is 0 Å². The highest BCUT2D eigenvalue weighted by Gasteiger charge is 2.10. The van der Waals surface area contributed by atoms with Gasteiger partial charge in [0, 0.05) is 20.2 Å². The van der Waals surface area contributed by atoms with Gasteiger partial charge in [0.25, 0.3) is 0 Å². The van der Waals surface area contributed by atoms with Crippen LogP contribution in [0.5, 0.6) is 0 Å². The monoisotopic (exact) mass is 233 g/mol. The van der Waals surface area contributed by atoms with Crippen molar-refractivity contribution in [3.8, 4) is 0 Å². The Morgan fingerprint density at radius 2 is 2.00 bits per heavy atom. The van der Waals surface area contributed by atoms with Crippen LogP contribution in [0.4, 0.5) is 0 Å². The van der Waals surface area contributed by atoms with Gasteiger partial charge in [-0.2, -0.15) is 0 Å². The molecule has 0 aromatic carbocycles. The number of carboxylic acid groups (broad SMARTS) is 1. The SMILES string of the molecule is COCCOCCN(CC(=O)O)CC(C)C. The van der Waals surface area contributed by atoms with E-state index in [1.54, 1.807) is 7.11 Å². The van der Waals surface area contributed by atoms with Crippen LogP contribution in [0.1, 0.15) is 13.8 Å². The summed E-state index contributed by atoms with van der Waals surface area (Å²) < 4.78 is 10.2. The van der Waals surface area contributed by atoms with Gasteiger partial charge in [-0.1, -0.05) is 13.8 Å². The number of carbonyl (C=O) groups is 1. The average Bonchev–Trinajstić information content (AvgIpc) is 2.15. The molecule has 0 aliphatic rings. The van der Waals surface area contributed by atoms with E-state index in [2.05, 4.69) is 13.8 Å². The lowest BCUT2D eigenvalue weighted by Gasteiger charge is -2.22. The van der Waals surface area contributed by atoms with Gasteiger partial charge in [-0.05, 0) is 5.92 Å². The zero-order valence-corrected chi connectivity index (χ0v) is 10.4. The van der Waals surface area contributed by atoms with Crippen LogP contribution < -0.4 is 0 Å². The third-order valence-corrected chi connectivity index (χ3v) is 1.97. The van der Waals surface area contributed by atoms with Crippen molar-refractivity contribution in [1.29, 1.82) is 0 Å².